The molecule has 0 aliphatic heterocycles. The van der Waals surface area contributed by atoms with Gasteiger partial charge < -0.3 is 10.1 Å². The number of benzene rings is 2. The highest BCUT2D eigenvalue weighted by atomic mass is 35.5. The molecule has 0 fully saturated rings. The summed E-state index contributed by atoms with van der Waals surface area (Å²) in [6.45, 7) is 4.45. The van der Waals surface area contributed by atoms with Crippen LogP contribution in [0.1, 0.15) is 24.5 Å². The second-order valence-corrected chi connectivity index (χ2v) is 7.84. The summed E-state index contributed by atoms with van der Waals surface area (Å²) in [6.07, 6.45) is 0.0997. The first-order valence-corrected chi connectivity index (χ1v) is 10.4. The van der Waals surface area contributed by atoms with Crippen LogP contribution in [0.4, 0.5) is 0 Å². The fourth-order valence-electron chi connectivity index (χ4n) is 2.31. The first-order valence-electron chi connectivity index (χ1n) is 8.52. The number of hydrogen-bond acceptors (Lipinski definition) is 3. The first-order chi connectivity index (χ1) is 12.5. The Morgan fingerprint density at radius 3 is 2.58 bits per heavy atom. The molecule has 0 radical (unpaired) electrons. The van der Waals surface area contributed by atoms with Gasteiger partial charge in [-0.2, -0.15) is 11.8 Å². The molecule has 1 atom stereocenters. The minimum absolute atomic E-state index is 0.0906. The molecule has 3 nitrogen and oxygen atoms in total. The summed E-state index contributed by atoms with van der Waals surface area (Å²) >= 11 is 13.7. The van der Waals surface area contributed by atoms with Gasteiger partial charge in [-0.05, 0) is 54.8 Å². The molecule has 2 aromatic carbocycles. The number of carbonyl (C=O) groups is 1. The quantitative estimate of drug-likeness (QED) is 0.552. The molecule has 6 heteroatoms. The van der Waals surface area contributed by atoms with Gasteiger partial charge in [-0.25, -0.2) is 0 Å². The lowest BCUT2D eigenvalue weighted by molar-refractivity contribution is -0.127. The Bertz CT molecular complexity index is 722. The third-order valence-electron chi connectivity index (χ3n) is 3.80. The van der Waals surface area contributed by atoms with E-state index in [2.05, 4.69) is 5.32 Å². The SMILES string of the molecule is CC[C@H](Oc1ccc(Cl)c(C)c1)C(=O)NCCSCc1ccc(Cl)cc1. The first kappa shape index (κ1) is 20.9. The maximum Gasteiger partial charge on any atom is 0.261 e. The van der Waals surface area contributed by atoms with Gasteiger partial charge in [-0.1, -0.05) is 42.3 Å². The molecule has 140 valence electrons. The summed E-state index contributed by atoms with van der Waals surface area (Å²) in [6, 6.07) is 13.2. The van der Waals surface area contributed by atoms with Crippen LogP contribution in [-0.4, -0.2) is 24.3 Å². The number of thioether (sulfide) groups is 1. The number of halogens is 2. The molecule has 0 saturated carbocycles. The zero-order chi connectivity index (χ0) is 18.9. The van der Waals surface area contributed by atoms with E-state index in [1.54, 1.807) is 23.9 Å². The zero-order valence-corrected chi connectivity index (χ0v) is 17.3. The van der Waals surface area contributed by atoms with Crippen molar-refractivity contribution in [2.75, 3.05) is 12.3 Å². The minimum Gasteiger partial charge on any atom is -0.481 e. The molecule has 2 rings (SSSR count). The summed E-state index contributed by atoms with van der Waals surface area (Å²) in [5.74, 6) is 2.30. The van der Waals surface area contributed by atoms with Crippen molar-refractivity contribution in [1.82, 2.24) is 5.32 Å². The lowest BCUT2D eigenvalue weighted by atomic mass is 10.2. The monoisotopic (exact) mass is 411 g/mol. The minimum atomic E-state index is -0.503. The van der Waals surface area contributed by atoms with Crippen molar-refractivity contribution >= 4 is 40.9 Å². The molecule has 1 amide bonds. The fourth-order valence-corrected chi connectivity index (χ4v) is 3.37. The van der Waals surface area contributed by atoms with Crippen LogP contribution < -0.4 is 10.1 Å². The molecule has 2 aromatic rings. The summed E-state index contributed by atoms with van der Waals surface area (Å²) in [4.78, 5) is 12.3. The Morgan fingerprint density at radius 2 is 1.92 bits per heavy atom. The summed E-state index contributed by atoms with van der Waals surface area (Å²) < 4.78 is 5.81. The molecule has 0 unspecified atom stereocenters. The van der Waals surface area contributed by atoms with Gasteiger partial charge in [0.2, 0.25) is 0 Å². The van der Waals surface area contributed by atoms with Crippen molar-refractivity contribution in [3.05, 3.63) is 63.6 Å². The third-order valence-corrected chi connectivity index (χ3v) is 5.50. The molecule has 0 bridgehead atoms. The van der Waals surface area contributed by atoms with Crippen molar-refractivity contribution in [2.24, 2.45) is 0 Å². The van der Waals surface area contributed by atoms with E-state index >= 15 is 0 Å². The second kappa shape index (κ2) is 10.7. The van der Waals surface area contributed by atoms with Crippen molar-refractivity contribution < 1.29 is 9.53 Å². The number of carbonyl (C=O) groups excluding carboxylic acids is 1. The molecule has 0 aliphatic rings. The maximum absolute atomic E-state index is 12.3. The maximum atomic E-state index is 12.3. The van der Waals surface area contributed by atoms with Gasteiger partial charge in [-0.15, -0.1) is 0 Å². The number of rotatable bonds is 9. The van der Waals surface area contributed by atoms with Gasteiger partial charge in [0.15, 0.2) is 6.10 Å². The fraction of sp³-hybridized carbons (Fsp3) is 0.350. The number of amides is 1. The van der Waals surface area contributed by atoms with Crippen molar-refractivity contribution in [1.29, 1.82) is 0 Å². The molecule has 0 saturated heterocycles. The normalized spacial score (nSPS) is 11.8. The molecular weight excluding hydrogens is 389 g/mol. The predicted octanol–water partition coefficient (Wildman–Crippen LogP) is 5.51. The van der Waals surface area contributed by atoms with Crippen LogP contribution >= 0.6 is 35.0 Å². The molecule has 0 aliphatic carbocycles. The van der Waals surface area contributed by atoms with Gasteiger partial charge in [-0.3, -0.25) is 4.79 Å². The van der Waals surface area contributed by atoms with E-state index in [4.69, 9.17) is 27.9 Å². The van der Waals surface area contributed by atoms with Crippen molar-refractivity contribution in [3.63, 3.8) is 0 Å². The largest absolute Gasteiger partial charge is 0.481 e. The predicted molar refractivity (Wildman–Crippen MR) is 112 cm³/mol. The average Bonchev–Trinajstić information content (AvgIpc) is 2.63. The zero-order valence-electron chi connectivity index (χ0n) is 14.9. The van der Waals surface area contributed by atoms with E-state index in [-0.39, 0.29) is 5.91 Å². The van der Waals surface area contributed by atoms with E-state index in [9.17, 15) is 4.79 Å². The van der Waals surface area contributed by atoms with Crippen LogP contribution in [0.25, 0.3) is 0 Å². The van der Waals surface area contributed by atoms with Gasteiger partial charge in [0.25, 0.3) is 5.91 Å². The van der Waals surface area contributed by atoms with E-state index in [0.717, 1.165) is 22.1 Å². The summed E-state index contributed by atoms with van der Waals surface area (Å²) in [5.41, 5.74) is 2.15. The molecule has 0 heterocycles. The van der Waals surface area contributed by atoms with Gasteiger partial charge in [0.1, 0.15) is 5.75 Å². The van der Waals surface area contributed by atoms with Gasteiger partial charge in [0.05, 0.1) is 0 Å². The van der Waals surface area contributed by atoms with Crippen LogP contribution in [0.3, 0.4) is 0 Å². The van der Waals surface area contributed by atoms with Gasteiger partial charge >= 0.3 is 0 Å². The number of aryl methyl sites for hydroxylation is 1. The third kappa shape index (κ3) is 6.75. The van der Waals surface area contributed by atoms with Crippen LogP contribution in [-0.2, 0) is 10.5 Å². The van der Waals surface area contributed by atoms with Crippen LogP contribution in [0.5, 0.6) is 5.75 Å². The summed E-state index contributed by atoms with van der Waals surface area (Å²) in [7, 11) is 0. The number of ether oxygens (including phenoxy) is 1. The van der Waals surface area contributed by atoms with Crippen LogP contribution in [0.2, 0.25) is 10.0 Å². The standard InChI is InChI=1S/C20H23Cl2NO2S/c1-3-19(25-17-8-9-18(22)14(2)12-17)20(24)23-10-11-26-13-15-4-6-16(21)7-5-15/h4-9,12,19H,3,10-11,13H2,1-2H3,(H,23,24)/t19-/m0/s1. The lowest BCUT2D eigenvalue weighted by Crippen LogP contribution is -2.39. The van der Waals surface area contributed by atoms with Crippen molar-refractivity contribution in [3.8, 4) is 5.75 Å². The lowest BCUT2D eigenvalue weighted by Gasteiger charge is -2.17. The molecule has 1 N–H and O–H groups in total. The number of hydrogen-bond donors (Lipinski definition) is 1. The molecule has 26 heavy (non-hydrogen) atoms. The topological polar surface area (TPSA) is 38.3 Å². The van der Waals surface area contributed by atoms with Gasteiger partial charge in [0, 0.05) is 28.1 Å². The number of nitrogens with one attached hydrogen (secondary N) is 1. The van der Waals surface area contributed by atoms with E-state index < -0.39 is 6.10 Å². The Labute approximate surface area is 169 Å². The van der Waals surface area contributed by atoms with Crippen LogP contribution in [0.15, 0.2) is 42.5 Å². The Kier molecular flexibility index (Phi) is 8.63. The Balaban J connectivity index is 1.72. The highest BCUT2D eigenvalue weighted by Crippen LogP contribution is 2.22. The molecule has 0 spiro atoms. The average molecular weight is 412 g/mol. The second-order valence-electron chi connectivity index (χ2n) is 5.90. The highest BCUT2D eigenvalue weighted by molar-refractivity contribution is 7.98. The van der Waals surface area contributed by atoms with E-state index in [0.29, 0.717) is 23.7 Å². The molecular formula is C20H23Cl2NO2S. The summed E-state index contributed by atoms with van der Waals surface area (Å²) in [5, 5.41) is 4.37. The molecule has 0 aromatic heterocycles. The van der Waals surface area contributed by atoms with Crippen molar-refractivity contribution in [2.45, 2.75) is 32.1 Å². The Hall–Kier alpha value is -1.36. The Morgan fingerprint density at radius 1 is 1.19 bits per heavy atom. The van der Waals surface area contributed by atoms with E-state index in [1.807, 2.05) is 44.2 Å². The highest BCUT2D eigenvalue weighted by Gasteiger charge is 2.18. The van der Waals surface area contributed by atoms with E-state index in [1.165, 1.54) is 5.56 Å². The smallest absolute Gasteiger partial charge is 0.261 e. The van der Waals surface area contributed by atoms with Crippen LogP contribution in [0, 0.1) is 6.92 Å².